The Labute approximate surface area is 113 Å². The lowest BCUT2D eigenvalue weighted by Gasteiger charge is -2.22. The van der Waals surface area contributed by atoms with Crippen LogP contribution in [0.4, 0.5) is 5.82 Å². The van der Waals surface area contributed by atoms with Crippen molar-refractivity contribution in [3.63, 3.8) is 0 Å². The SMILES string of the molecule is Cc1ccc(C(C)(C)C)c(O)c1-c1cc(N)n(C)n1. The van der Waals surface area contributed by atoms with E-state index in [0.29, 0.717) is 17.3 Å². The summed E-state index contributed by atoms with van der Waals surface area (Å²) in [4.78, 5) is 0. The molecule has 0 radical (unpaired) electrons. The maximum atomic E-state index is 10.6. The predicted octanol–water partition coefficient (Wildman–Crippen LogP) is 2.98. The van der Waals surface area contributed by atoms with Crippen LogP contribution < -0.4 is 5.73 Å². The third-order valence-corrected chi connectivity index (χ3v) is 3.37. The van der Waals surface area contributed by atoms with Crippen LogP contribution in [0.5, 0.6) is 5.75 Å². The van der Waals surface area contributed by atoms with Gasteiger partial charge < -0.3 is 10.8 Å². The van der Waals surface area contributed by atoms with E-state index in [1.807, 2.05) is 19.1 Å². The van der Waals surface area contributed by atoms with Gasteiger partial charge in [-0.3, -0.25) is 4.68 Å². The molecule has 0 amide bonds. The Bertz CT molecular complexity index is 602. The normalized spacial score (nSPS) is 11.8. The van der Waals surface area contributed by atoms with E-state index in [1.54, 1.807) is 17.8 Å². The molecule has 4 heteroatoms. The minimum atomic E-state index is -0.118. The van der Waals surface area contributed by atoms with Gasteiger partial charge in [0, 0.05) is 18.7 Å². The number of phenols is 1. The zero-order valence-corrected chi connectivity index (χ0v) is 12.2. The number of phenolic OH excluding ortho intramolecular Hbond substituents is 1. The van der Waals surface area contributed by atoms with Crippen molar-refractivity contribution in [1.29, 1.82) is 0 Å². The number of nitrogens with zero attached hydrogens (tertiary/aromatic N) is 2. The summed E-state index contributed by atoms with van der Waals surface area (Å²) < 4.78 is 1.61. The second kappa shape index (κ2) is 4.30. The maximum absolute atomic E-state index is 10.6. The van der Waals surface area contributed by atoms with E-state index in [0.717, 1.165) is 16.7 Å². The van der Waals surface area contributed by atoms with Crippen LogP contribution in [0.15, 0.2) is 18.2 Å². The fourth-order valence-corrected chi connectivity index (χ4v) is 2.22. The van der Waals surface area contributed by atoms with Gasteiger partial charge in [-0.1, -0.05) is 32.9 Å². The minimum Gasteiger partial charge on any atom is -0.507 e. The van der Waals surface area contributed by atoms with Crippen molar-refractivity contribution in [2.45, 2.75) is 33.1 Å². The molecular formula is C15H21N3O. The quantitative estimate of drug-likeness (QED) is 0.827. The molecule has 0 bridgehead atoms. The molecular weight excluding hydrogens is 238 g/mol. The number of nitrogens with two attached hydrogens (primary N) is 1. The Balaban J connectivity index is 2.69. The second-order valence-electron chi connectivity index (χ2n) is 5.98. The first-order valence-corrected chi connectivity index (χ1v) is 6.34. The molecule has 0 aliphatic rings. The van der Waals surface area contributed by atoms with Crippen LogP contribution in [0.25, 0.3) is 11.3 Å². The topological polar surface area (TPSA) is 64.1 Å². The van der Waals surface area contributed by atoms with E-state index in [4.69, 9.17) is 5.73 Å². The van der Waals surface area contributed by atoms with Crippen molar-refractivity contribution < 1.29 is 5.11 Å². The van der Waals surface area contributed by atoms with Gasteiger partial charge in [0.05, 0.1) is 5.69 Å². The molecule has 0 spiro atoms. The molecule has 4 nitrogen and oxygen atoms in total. The summed E-state index contributed by atoms with van der Waals surface area (Å²) >= 11 is 0. The number of aromatic nitrogens is 2. The number of hydrogen-bond acceptors (Lipinski definition) is 3. The Morgan fingerprint density at radius 1 is 1.26 bits per heavy atom. The number of nitrogen functional groups attached to an aromatic ring is 1. The molecule has 0 aliphatic carbocycles. The van der Waals surface area contributed by atoms with Gasteiger partial charge in [0.25, 0.3) is 0 Å². The average molecular weight is 259 g/mol. The molecule has 0 aliphatic heterocycles. The predicted molar refractivity (Wildman–Crippen MR) is 78.2 cm³/mol. The zero-order valence-electron chi connectivity index (χ0n) is 12.2. The van der Waals surface area contributed by atoms with E-state index in [-0.39, 0.29) is 5.41 Å². The second-order valence-corrected chi connectivity index (χ2v) is 5.98. The van der Waals surface area contributed by atoms with Gasteiger partial charge >= 0.3 is 0 Å². The minimum absolute atomic E-state index is 0.118. The average Bonchev–Trinajstić information content (AvgIpc) is 2.56. The lowest BCUT2D eigenvalue weighted by atomic mass is 9.84. The number of aromatic hydroxyl groups is 1. The van der Waals surface area contributed by atoms with Crippen molar-refractivity contribution in [2.75, 3.05) is 5.73 Å². The molecule has 1 aromatic carbocycles. The van der Waals surface area contributed by atoms with E-state index >= 15 is 0 Å². The Morgan fingerprint density at radius 3 is 2.37 bits per heavy atom. The number of anilines is 1. The highest BCUT2D eigenvalue weighted by molar-refractivity contribution is 5.74. The number of hydrogen-bond donors (Lipinski definition) is 2. The van der Waals surface area contributed by atoms with Gasteiger partial charge in [0.15, 0.2) is 0 Å². The van der Waals surface area contributed by atoms with E-state index < -0.39 is 0 Å². The molecule has 19 heavy (non-hydrogen) atoms. The number of benzene rings is 1. The molecule has 2 rings (SSSR count). The van der Waals surface area contributed by atoms with Crippen molar-refractivity contribution in [2.24, 2.45) is 7.05 Å². The van der Waals surface area contributed by atoms with Gasteiger partial charge in [0.1, 0.15) is 11.6 Å². The number of aryl methyl sites for hydroxylation is 2. The molecule has 0 saturated heterocycles. The zero-order chi connectivity index (χ0) is 14.4. The third-order valence-electron chi connectivity index (χ3n) is 3.37. The standard InChI is InChI=1S/C15H21N3O/c1-9-6-7-10(15(2,3)4)14(19)13(9)11-8-12(16)18(5)17-11/h6-8,19H,16H2,1-5H3. The fourth-order valence-electron chi connectivity index (χ4n) is 2.22. The molecule has 102 valence electrons. The molecule has 1 heterocycles. The lowest BCUT2D eigenvalue weighted by Crippen LogP contribution is -2.12. The first-order chi connectivity index (χ1) is 8.71. The largest absolute Gasteiger partial charge is 0.507 e. The highest BCUT2D eigenvalue weighted by atomic mass is 16.3. The van der Waals surface area contributed by atoms with Crippen LogP contribution in [-0.4, -0.2) is 14.9 Å². The highest BCUT2D eigenvalue weighted by Gasteiger charge is 2.23. The van der Waals surface area contributed by atoms with Gasteiger partial charge in [0.2, 0.25) is 0 Å². The Hall–Kier alpha value is -1.97. The van der Waals surface area contributed by atoms with E-state index in [2.05, 4.69) is 25.9 Å². The molecule has 2 aromatic rings. The molecule has 0 unspecified atom stereocenters. The molecule has 3 N–H and O–H groups in total. The van der Waals surface area contributed by atoms with Gasteiger partial charge in [-0.05, 0) is 23.5 Å². The summed E-state index contributed by atoms with van der Waals surface area (Å²) in [6, 6.07) is 5.77. The summed E-state index contributed by atoms with van der Waals surface area (Å²) in [5.41, 5.74) is 9.08. The smallest absolute Gasteiger partial charge is 0.129 e. The fraction of sp³-hybridized carbons (Fsp3) is 0.400. The molecule has 0 saturated carbocycles. The first kappa shape index (κ1) is 13.5. The van der Waals surface area contributed by atoms with Gasteiger partial charge in [-0.15, -0.1) is 0 Å². The van der Waals surface area contributed by atoms with Crippen molar-refractivity contribution >= 4 is 5.82 Å². The summed E-state index contributed by atoms with van der Waals surface area (Å²) in [6.07, 6.45) is 0. The number of rotatable bonds is 1. The van der Waals surface area contributed by atoms with Crippen molar-refractivity contribution in [3.05, 3.63) is 29.3 Å². The van der Waals surface area contributed by atoms with Gasteiger partial charge in [-0.2, -0.15) is 5.10 Å². The lowest BCUT2D eigenvalue weighted by molar-refractivity contribution is 0.448. The van der Waals surface area contributed by atoms with Crippen LogP contribution in [0.1, 0.15) is 31.9 Å². The summed E-state index contributed by atoms with van der Waals surface area (Å²) in [5, 5.41) is 14.9. The van der Waals surface area contributed by atoms with Crippen LogP contribution >= 0.6 is 0 Å². The van der Waals surface area contributed by atoms with E-state index in [1.165, 1.54) is 0 Å². The van der Waals surface area contributed by atoms with Crippen LogP contribution in [0.2, 0.25) is 0 Å². The maximum Gasteiger partial charge on any atom is 0.129 e. The van der Waals surface area contributed by atoms with Crippen LogP contribution in [0, 0.1) is 6.92 Å². The van der Waals surface area contributed by atoms with Crippen molar-refractivity contribution in [3.8, 4) is 17.0 Å². The van der Waals surface area contributed by atoms with Gasteiger partial charge in [-0.25, -0.2) is 0 Å². The van der Waals surface area contributed by atoms with E-state index in [9.17, 15) is 5.11 Å². The highest BCUT2D eigenvalue weighted by Crippen LogP contribution is 2.40. The molecule has 1 aromatic heterocycles. The third kappa shape index (κ3) is 2.30. The summed E-state index contributed by atoms with van der Waals surface area (Å²) in [7, 11) is 1.79. The van der Waals surface area contributed by atoms with Crippen LogP contribution in [-0.2, 0) is 12.5 Å². The Morgan fingerprint density at radius 2 is 1.89 bits per heavy atom. The molecule has 0 atom stereocenters. The van der Waals surface area contributed by atoms with Crippen molar-refractivity contribution in [1.82, 2.24) is 9.78 Å². The monoisotopic (exact) mass is 259 g/mol. The first-order valence-electron chi connectivity index (χ1n) is 6.34. The summed E-state index contributed by atoms with van der Waals surface area (Å²) in [6.45, 7) is 8.20. The Kier molecular flexibility index (Phi) is 3.04. The molecule has 0 fully saturated rings. The summed E-state index contributed by atoms with van der Waals surface area (Å²) in [5.74, 6) is 0.876. The van der Waals surface area contributed by atoms with Crippen LogP contribution in [0.3, 0.4) is 0 Å².